The molecule has 42 heavy (non-hydrogen) atoms. The number of benzene rings is 2. The third-order valence-corrected chi connectivity index (χ3v) is 7.51. The van der Waals surface area contributed by atoms with Crippen molar-refractivity contribution in [1.29, 1.82) is 0 Å². The van der Waals surface area contributed by atoms with Crippen LogP contribution < -0.4 is 10.2 Å². The number of pyridine rings is 1. The Morgan fingerprint density at radius 1 is 0.952 bits per heavy atom. The summed E-state index contributed by atoms with van der Waals surface area (Å²) >= 11 is 0. The minimum absolute atomic E-state index is 0.274. The van der Waals surface area contributed by atoms with E-state index in [2.05, 4.69) is 68.5 Å². The Hall–Kier alpha value is -4.73. The van der Waals surface area contributed by atoms with Gasteiger partial charge in [-0.3, -0.25) is 0 Å². The third-order valence-electron chi connectivity index (χ3n) is 7.51. The number of carbonyl (C=O) groups is 1. The maximum atomic E-state index is 12.5. The summed E-state index contributed by atoms with van der Waals surface area (Å²) in [5, 5.41) is 3.47. The van der Waals surface area contributed by atoms with Crippen LogP contribution in [0.1, 0.15) is 37.5 Å². The normalized spacial score (nSPS) is 14.0. The Kier molecular flexibility index (Phi) is 7.14. The van der Waals surface area contributed by atoms with Crippen molar-refractivity contribution in [3.05, 3.63) is 77.9 Å². The lowest BCUT2D eigenvalue weighted by molar-refractivity contribution is 0.0240. The molecule has 0 atom stereocenters. The van der Waals surface area contributed by atoms with E-state index in [1.165, 1.54) is 16.7 Å². The van der Waals surface area contributed by atoms with Crippen LogP contribution in [-0.4, -0.2) is 67.3 Å². The first-order valence-electron chi connectivity index (χ1n) is 14.2. The second-order valence-electron chi connectivity index (χ2n) is 11.8. The van der Waals surface area contributed by atoms with E-state index in [-0.39, 0.29) is 6.09 Å². The topological polar surface area (TPSA) is 101 Å². The number of hydrogen-bond acceptors (Lipinski definition) is 8. The van der Waals surface area contributed by atoms with Crippen LogP contribution in [0.5, 0.6) is 0 Å². The van der Waals surface area contributed by atoms with Crippen molar-refractivity contribution in [3.8, 4) is 0 Å². The lowest BCUT2D eigenvalue weighted by atomic mass is 9.99. The lowest BCUT2D eigenvalue weighted by Crippen LogP contribution is -2.50. The maximum absolute atomic E-state index is 12.5. The molecule has 10 nitrogen and oxygen atoms in total. The van der Waals surface area contributed by atoms with Gasteiger partial charge in [0.25, 0.3) is 0 Å². The quantitative estimate of drug-likeness (QED) is 0.294. The highest BCUT2D eigenvalue weighted by atomic mass is 16.6. The van der Waals surface area contributed by atoms with E-state index in [1.54, 1.807) is 11.2 Å². The van der Waals surface area contributed by atoms with E-state index in [0.717, 1.165) is 34.5 Å². The van der Waals surface area contributed by atoms with Crippen molar-refractivity contribution >= 4 is 45.5 Å². The summed E-state index contributed by atoms with van der Waals surface area (Å²) in [6.45, 7) is 10.3. The van der Waals surface area contributed by atoms with Crippen LogP contribution in [0.25, 0.3) is 22.1 Å². The van der Waals surface area contributed by atoms with Crippen LogP contribution in [0.4, 0.5) is 22.1 Å². The number of ether oxygens (including phenoxy) is 1. The Morgan fingerprint density at radius 2 is 1.76 bits per heavy atom. The number of nitrogens with zero attached hydrogens (tertiary/aromatic N) is 7. The molecule has 1 saturated heterocycles. The van der Waals surface area contributed by atoms with E-state index >= 15 is 0 Å². The monoisotopic (exact) mass is 564 g/mol. The van der Waals surface area contributed by atoms with Crippen LogP contribution in [-0.2, 0) is 18.2 Å². The minimum atomic E-state index is -0.509. The van der Waals surface area contributed by atoms with Gasteiger partial charge in [0.2, 0.25) is 0 Å². The molecule has 0 aliphatic carbocycles. The average Bonchev–Trinajstić information content (AvgIpc) is 3.33. The SMILES string of the molecule is Cc1cc(Nc2ncnc3ccc(N4CCN(C(=O)OC(C)(C)C)CC4)nc23)ccc1Cc1ccc2c(c1)ncn2C. The van der Waals surface area contributed by atoms with Gasteiger partial charge in [-0.1, -0.05) is 12.1 Å². The number of anilines is 3. The maximum Gasteiger partial charge on any atom is 0.410 e. The zero-order chi connectivity index (χ0) is 29.4. The van der Waals surface area contributed by atoms with Gasteiger partial charge in [-0.2, -0.15) is 0 Å². The predicted molar refractivity (Wildman–Crippen MR) is 165 cm³/mol. The summed E-state index contributed by atoms with van der Waals surface area (Å²) in [7, 11) is 2.01. The van der Waals surface area contributed by atoms with Crippen LogP contribution in [0.2, 0.25) is 0 Å². The van der Waals surface area contributed by atoms with E-state index in [0.29, 0.717) is 37.5 Å². The number of amides is 1. The Bertz CT molecular complexity index is 1770. The van der Waals surface area contributed by atoms with E-state index < -0.39 is 5.60 Å². The van der Waals surface area contributed by atoms with Gasteiger partial charge in [0.1, 0.15) is 23.3 Å². The molecule has 216 valence electrons. The van der Waals surface area contributed by atoms with Gasteiger partial charge >= 0.3 is 6.09 Å². The van der Waals surface area contributed by atoms with Crippen LogP contribution in [0.3, 0.4) is 0 Å². The first-order valence-corrected chi connectivity index (χ1v) is 14.2. The molecule has 0 spiro atoms. The molecule has 3 aromatic heterocycles. The Balaban J connectivity index is 1.16. The number of nitrogens with one attached hydrogen (secondary N) is 1. The van der Waals surface area contributed by atoms with Crippen LogP contribution in [0, 0.1) is 6.92 Å². The first kappa shape index (κ1) is 27.4. The fraction of sp³-hybridized carbons (Fsp3) is 0.344. The van der Waals surface area contributed by atoms with E-state index in [9.17, 15) is 4.79 Å². The highest BCUT2D eigenvalue weighted by molar-refractivity contribution is 5.88. The van der Waals surface area contributed by atoms with Crippen molar-refractivity contribution in [2.45, 2.75) is 39.7 Å². The smallest absolute Gasteiger partial charge is 0.410 e. The molecule has 2 aromatic carbocycles. The largest absolute Gasteiger partial charge is 0.444 e. The zero-order valence-corrected chi connectivity index (χ0v) is 24.8. The molecule has 0 bridgehead atoms. The Labute approximate surface area is 245 Å². The summed E-state index contributed by atoms with van der Waals surface area (Å²) in [5.41, 5.74) is 7.73. The third kappa shape index (κ3) is 5.83. The van der Waals surface area contributed by atoms with Gasteiger partial charge in [-0.25, -0.2) is 24.7 Å². The van der Waals surface area contributed by atoms with Crippen molar-refractivity contribution in [1.82, 2.24) is 29.4 Å². The molecular formula is C32H36N8O2. The number of aryl methyl sites for hydroxylation is 2. The minimum Gasteiger partial charge on any atom is -0.444 e. The summed E-state index contributed by atoms with van der Waals surface area (Å²) in [5.74, 6) is 1.49. The molecule has 4 heterocycles. The molecule has 1 N–H and O–H groups in total. The summed E-state index contributed by atoms with van der Waals surface area (Å²) in [6.07, 6.45) is 3.97. The number of imidazole rings is 1. The molecular weight excluding hydrogens is 528 g/mol. The molecule has 1 aliphatic heterocycles. The van der Waals surface area contributed by atoms with Gasteiger partial charge in [0, 0.05) is 38.9 Å². The number of fused-ring (bicyclic) bond motifs is 2. The number of rotatable bonds is 5. The summed E-state index contributed by atoms with van der Waals surface area (Å²) in [6, 6.07) is 16.8. The van der Waals surface area contributed by atoms with Crippen molar-refractivity contribution in [3.63, 3.8) is 0 Å². The number of carbonyl (C=O) groups excluding carboxylic acids is 1. The van der Waals surface area contributed by atoms with E-state index in [4.69, 9.17) is 9.72 Å². The summed E-state index contributed by atoms with van der Waals surface area (Å²) in [4.78, 5) is 34.8. The average molecular weight is 565 g/mol. The first-order chi connectivity index (χ1) is 20.1. The fourth-order valence-corrected chi connectivity index (χ4v) is 5.26. The van der Waals surface area contributed by atoms with Crippen molar-refractivity contribution in [2.24, 2.45) is 7.05 Å². The lowest BCUT2D eigenvalue weighted by Gasteiger charge is -2.36. The van der Waals surface area contributed by atoms with Gasteiger partial charge in [-0.15, -0.1) is 0 Å². The molecule has 1 aliphatic rings. The van der Waals surface area contributed by atoms with Gasteiger partial charge in [0.15, 0.2) is 5.82 Å². The van der Waals surface area contributed by atoms with Gasteiger partial charge < -0.3 is 24.4 Å². The number of piperazine rings is 1. The highest BCUT2D eigenvalue weighted by Gasteiger charge is 2.26. The highest BCUT2D eigenvalue weighted by Crippen LogP contribution is 2.27. The van der Waals surface area contributed by atoms with Gasteiger partial charge in [-0.05, 0) is 87.2 Å². The molecule has 6 rings (SSSR count). The van der Waals surface area contributed by atoms with Crippen LogP contribution >= 0.6 is 0 Å². The van der Waals surface area contributed by atoms with E-state index in [1.807, 2.05) is 50.8 Å². The predicted octanol–water partition coefficient (Wildman–Crippen LogP) is 5.61. The number of hydrogen-bond donors (Lipinski definition) is 1. The molecule has 1 fully saturated rings. The molecule has 1 amide bonds. The summed E-state index contributed by atoms with van der Waals surface area (Å²) < 4.78 is 7.57. The molecule has 0 radical (unpaired) electrons. The molecule has 10 heteroatoms. The fourth-order valence-electron chi connectivity index (χ4n) is 5.26. The second kappa shape index (κ2) is 10.9. The Morgan fingerprint density at radius 3 is 2.52 bits per heavy atom. The van der Waals surface area contributed by atoms with Gasteiger partial charge in [0.05, 0.1) is 22.9 Å². The molecule has 5 aromatic rings. The van der Waals surface area contributed by atoms with Crippen molar-refractivity contribution < 1.29 is 9.53 Å². The standard InChI is InChI=1S/C32H36N8O2/c1-21-16-24(8-7-23(21)17-22-6-10-27-26(18-22)35-20-38(27)5)36-30-29-25(33-19-34-30)9-11-28(37-29)39-12-14-40(15-13-39)31(41)42-32(2,3)4/h6-11,16,18-20H,12-15,17H2,1-5H3,(H,33,34,36). The number of aromatic nitrogens is 5. The second-order valence-corrected chi connectivity index (χ2v) is 11.8. The molecule has 0 saturated carbocycles. The molecule has 0 unspecified atom stereocenters. The zero-order valence-electron chi connectivity index (χ0n) is 24.8. The van der Waals surface area contributed by atoms with Crippen LogP contribution in [0.15, 0.2) is 61.2 Å². The van der Waals surface area contributed by atoms with Crippen molar-refractivity contribution in [2.75, 3.05) is 36.4 Å².